The molecule has 0 saturated carbocycles. The van der Waals surface area contributed by atoms with E-state index in [0.29, 0.717) is 12.2 Å². The molecule has 2 aliphatic heterocycles. The molecule has 0 unspecified atom stereocenters. The van der Waals surface area contributed by atoms with E-state index in [0.717, 1.165) is 12.8 Å². The summed E-state index contributed by atoms with van der Waals surface area (Å²) in [4.78, 5) is 12.8. The maximum Gasteiger partial charge on any atom is 0.338 e. The highest BCUT2D eigenvalue weighted by Gasteiger charge is 2.67. The molecule has 0 amide bonds. The molecule has 166 valence electrons. The standard InChI is InChI=1S/C24H36O5Si/c1-8-13-18-20-21(29-30(6,7)23(3,4)5)24(28-18,16-26-20)19(9-2)27-22(25)17-14-11-10-12-15-17/h9-12,14-15,18-21H,2,8,13,16H2,1,3-7H3/t18-,19-,20-,21-,24+/m0/s1. The van der Waals surface area contributed by atoms with Gasteiger partial charge in [-0.05, 0) is 42.8 Å². The predicted molar refractivity (Wildman–Crippen MR) is 120 cm³/mol. The van der Waals surface area contributed by atoms with Gasteiger partial charge in [0.25, 0.3) is 0 Å². The van der Waals surface area contributed by atoms with Crippen LogP contribution in [-0.2, 0) is 18.6 Å². The van der Waals surface area contributed by atoms with E-state index in [1.165, 1.54) is 0 Å². The van der Waals surface area contributed by atoms with E-state index in [1.807, 2.05) is 18.2 Å². The van der Waals surface area contributed by atoms with Crippen LogP contribution in [0.4, 0.5) is 0 Å². The summed E-state index contributed by atoms with van der Waals surface area (Å²) in [5, 5.41) is 0.0425. The first kappa shape index (κ1) is 23.2. The Morgan fingerprint density at radius 3 is 2.57 bits per heavy atom. The molecule has 2 aliphatic rings. The van der Waals surface area contributed by atoms with Crippen molar-refractivity contribution >= 4 is 14.3 Å². The van der Waals surface area contributed by atoms with Crippen LogP contribution in [0.1, 0.15) is 50.9 Å². The first-order valence-electron chi connectivity index (χ1n) is 10.9. The average Bonchev–Trinajstić information content (AvgIpc) is 3.17. The van der Waals surface area contributed by atoms with Crippen LogP contribution in [0.2, 0.25) is 18.1 Å². The Labute approximate surface area is 181 Å². The maximum atomic E-state index is 12.8. The van der Waals surface area contributed by atoms with Crippen molar-refractivity contribution in [1.82, 2.24) is 0 Å². The summed E-state index contributed by atoms with van der Waals surface area (Å²) in [7, 11) is -2.11. The predicted octanol–water partition coefficient (Wildman–Crippen LogP) is 5.12. The van der Waals surface area contributed by atoms with E-state index >= 15 is 0 Å². The first-order valence-corrected chi connectivity index (χ1v) is 13.8. The second-order valence-corrected chi connectivity index (χ2v) is 14.7. The number of benzene rings is 1. The van der Waals surface area contributed by atoms with Gasteiger partial charge in [0.2, 0.25) is 0 Å². The van der Waals surface area contributed by atoms with Crippen molar-refractivity contribution in [3.63, 3.8) is 0 Å². The molecule has 2 saturated heterocycles. The highest BCUT2D eigenvalue weighted by molar-refractivity contribution is 6.74. The molecular weight excluding hydrogens is 396 g/mol. The van der Waals surface area contributed by atoms with Gasteiger partial charge in [-0.25, -0.2) is 4.79 Å². The topological polar surface area (TPSA) is 54.0 Å². The highest BCUT2D eigenvalue weighted by Crippen LogP contribution is 2.49. The van der Waals surface area contributed by atoms with Gasteiger partial charge in [0.1, 0.15) is 12.2 Å². The zero-order valence-corrected chi connectivity index (χ0v) is 20.1. The van der Waals surface area contributed by atoms with Gasteiger partial charge in [-0.2, -0.15) is 0 Å². The van der Waals surface area contributed by atoms with Crippen LogP contribution < -0.4 is 0 Å². The molecule has 0 aromatic heterocycles. The number of hydrogen-bond acceptors (Lipinski definition) is 5. The Morgan fingerprint density at radius 2 is 2.00 bits per heavy atom. The molecule has 30 heavy (non-hydrogen) atoms. The molecule has 1 aromatic rings. The van der Waals surface area contributed by atoms with Gasteiger partial charge in [0.05, 0.1) is 18.3 Å². The monoisotopic (exact) mass is 432 g/mol. The van der Waals surface area contributed by atoms with Gasteiger partial charge in [0.15, 0.2) is 20.0 Å². The van der Waals surface area contributed by atoms with E-state index in [4.69, 9.17) is 18.6 Å². The summed E-state index contributed by atoms with van der Waals surface area (Å²) in [6.45, 7) is 17.5. The third-order valence-electron chi connectivity index (χ3n) is 6.76. The molecule has 0 aliphatic carbocycles. The van der Waals surface area contributed by atoms with Crippen LogP contribution in [0.15, 0.2) is 43.0 Å². The van der Waals surface area contributed by atoms with Crippen molar-refractivity contribution in [2.45, 2.75) is 88.7 Å². The minimum Gasteiger partial charge on any atom is -0.451 e. The molecular formula is C24H36O5Si. The molecule has 2 fully saturated rings. The van der Waals surface area contributed by atoms with E-state index < -0.39 is 26.0 Å². The highest BCUT2D eigenvalue weighted by atomic mass is 28.4. The first-order chi connectivity index (χ1) is 14.1. The number of esters is 1. The van der Waals surface area contributed by atoms with E-state index in [1.54, 1.807) is 18.2 Å². The zero-order valence-electron chi connectivity index (χ0n) is 19.1. The summed E-state index contributed by atoms with van der Waals surface area (Å²) in [5.41, 5.74) is -0.368. The van der Waals surface area contributed by atoms with Gasteiger partial charge in [-0.1, -0.05) is 58.9 Å². The smallest absolute Gasteiger partial charge is 0.338 e. The zero-order chi connectivity index (χ0) is 22.2. The summed E-state index contributed by atoms with van der Waals surface area (Å²) >= 11 is 0. The van der Waals surface area contributed by atoms with Crippen molar-refractivity contribution in [1.29, 1.82) is 0 Å². The fraction of sp³-hybridized carbons (Fsp3) is 0.625. The molecule has 6 heteroatoms. The minimum absolute atomic E-state index is 0.0425. The van der Waals surface area contributed by atoms with Crippen LogP contribution in [0, 0.1) is 0 Å². The molecule has 2 heterocycles. The van der Waals surface area contributed by atoms with Crippen molar-refractivity contribution in [2.75, 3.05) is 6.61 Å². The number of hydrogen-bond donors (Lipinski definition) is 0. The molecule has 3 rings (SSSR count). The van der Waals surface area contributed by atoms with Gasteiger partial charge < -0.3 is 18.6 Å². The number of carbonyl (C=O) groups excluding carboxylic acids is 1. The fourth-order valence-corrected chi connectivity index (χ4v) is 5.33. The Morgan fingerprint density at radius 1 is 1.33 bits per heavy atom. The lowest BCUT2D eigenvalue weighted by Gasteiger charge is -2.42. The Bertz CT molecular complexity index is 757. The third-order valence-corrected chi connectivity index (χ3v) is 11.2. The molecule has 2 bridgehead atoms. The van der Waals surface area contributed by atoms with Crippen LogP contribution in [-0.4, -0.2) is 50.9 Å². The Balaban J connectivity index is 1.91. The van der Waals surface area contributed by atoms with Gasteiger partial charge >= 0.3 is 5.97 Å². The van der Waals surface area contributed by atoms with Gasteiger partial charge in [-0.3, -0.25) is 0 Å². The van der Waals surface area contributed by atoms with Crippen molar-refractivity contribution in [2.24, 2.45) is 0 Å². The lowest BCUT2D eigenvalue weighted by atomic mass is 9.91. The van der Waals surface area contributed by atoms with Crippen LogP contribution in [0.3, 0.4) is 0 Å². The van der Waals surface area contributed by atoms with Crippen LogP contribution in [0.25, 0.3) is 0 Å². The molecule has 5 atom stereocenters. The molecule has 0 N–H and O–H groups in total. The lowest BCUT2D eigenvalue weighted by molar-refractivity contribution is -0.179. The van der Waals surface area contributed by atoms with Crippen LogP contribution in [0.5, 0.6) is 0 Å². The van der Waals surface area contributed by atoms with Crippen molar-refractivity contribution in [3.8, 4) is 0 Å². The molecule has 0 radical (unpaired) electrons. The number of ether oxygens (including phenoxy) is 3. The maximum absolute atomic E-state index is 12.8. The average molecular weight is 433 g/mol. The number of fused-ring (bicyclic) bond motifs is 2. The lowest BCUT2D eigenvalue weighted by Crippen LogP contribution is -2.57. The Hall–Kier alpha value is -1.47. The molecule has 5 nitrogen and oxygen atoms in total. The van der Waals surface area contributed by atoms with Gasteiger partial charge in [-0.15, -0.1) is 0 Å². The normalized spacial score (nSPS) is 29.6. The largest absolute Gasteiger partial charge is 0.451 e. The fourth-order valence-electron chi connectivity index (χ4n) is 4.01. The summed E-state index contributed by atoms with van der Waals surface area (Å²) in [6, 6.07) is 8.99. The second kappa shape index (κ2) is 8.58. The second-order valence-electron chi connectivity index (χ2n) is 9.90. The number of rotatable bonds is 8. The Kier molecular flexibility index (Phi) is 6.63. The summed E-state index contributed by atoms with van der Waals surface area (Å²) in [6.07, 6.45) is 2.33. The SMILES string of the molecule is C=C[C@H](OC(=O)c1ccccc1)[C@@]12CO[C@@H]([C@H](CCC)O1)[C@@H]2O[Si](C)(C)C(C)(C)C. The van der Waals surface area contributed by atoms with Crippen LogP contribution >= 0.6 is 0 Å². The molecule has 1 aromatic carbocycles. The van der Waals surface area contributed by atoms with Gasteiger partial charge in [0, 0.05) is 0 Å². The van der Waals surface area contributed by atoms with E-state index in [9.17, 15) is 4.79 Å². The number of carbonyl (C=O) groups is 1. The van der Waals surface area contributed by atoms with E-state index in [2.05, 4.69) is 47.4 Å². The summed E-state index contributed by atoms with van der Waals surface area (Å²) in [5.74, 6) is -0.396. The minimum atomic E-state index is -2.11. The van der Waals surface area contributed by atoms with E-state index in [-0.39, 0.29) is 23.4 Å². The molecule has 0 spiro atoms. The van der Waals surface area contributed by atoms with Crippen molar-refractivity contribution < 1.29 is 23.4 Å². The summed E-state index contributed by atoms with van der Waals surface area (Å²) < 4.78 is 25.5. The quantitative estimate of drug-likeness (QED) is 0.324. The van der Waals surface area contributed by atoms with Crippen molar-refractivity contribution in [3.05, 3.63) is 48.6 Å². The third kappa shape index (κ3) is 4.15.